The molecule has 504 valence electrons. The van der Waals surface area contributed by atoms with Gasteiger partial charge in [0.2, 0.25) is 11.8 Å². The molecule has 3 aliphatic rings. The molecule has 0 unspecified atom stereocenters. The highest BCUT2D eigenvalue weighted by molar-refractivity contribution is 6.00. The number of rotatable bonds is 17. The van der Waals surface area contributed by atoms with Crippen LogP contribution in [0.1, 0.15) is 206 Å². The minimum Gasteiger partial charge on any atom is -0.508 e. The molecule has 6 N–H and O–H groups in total. The number of carboxylic acid groups (broad SMARTS) is 1. The van der Waals surface area contributed by atoms with Crippen LogP contribution in [0.15, 0.2) is 243 Å². The summed E-state index contributed by atoms with van der Waals surface area (Å²) in [6.07, 6.45) is 46.5. The molecule has 6 rings (SSSR count). The Labute approximate surface area is 564 Å². The fraction of sp³-hybridized carbons (Fsp3) is 0.400. The third-order valence-electron chi connectivity index (χ3n) is 16.4. The molecule has 8 heteroatoms. The van der Waals surface area contributed by atoms with E-state index in [0.717, 1.165) is 33.7 Å². The maximum atomic E-state index is 12.1. The third kappa shape index (κ3) is 33.8. The minimum absolute atomic E-state index is 0.112. The molecule has 0 atom stereocenters. The predicted molar refractivity (Wildman–Crippen MR) is 406 cm³/mol. The average Bonchev–Trinajstić information content (AvgIpc) is 1.02. The highest BCUT2D eigenvalue weighted by atomic mass is 16.4. The second-order valence-corrected chi connectivity index (χ2v) is 26.3. The molecule has 3 aliphatic carbocycles. The Bertz CT molecular complexity index is 3240. The smallest absolute Gasteiger partial charge is 0.328 e. The van der Waals surface area contributed by atoms with E-state index >= 15 is 0 Å². The van der Waals surface area contributed by atoms with Gasteiger partial charge in [-0.3, -0.25) is 9.59 Å². The molecule has 93 heavy (non-hydrogen) atoms. The summed E-state index contributed by atoms with van der Waals surface area (Å²) >= 11 is 0. The molecule has 0 spiro atoms. The van der Waals surface area contributed by atoms with E-state index in [9.17, 15) is 19.5 Å². The van der Waals surface area contributed by atoms with E-state index in [1.54, 1.807) is 49.4 Å². The van der Waals surface area contributed by atoms with Crippen LogP contribution >= 0.6 is 0 Å². The molecule has 8 nitrogen and oxygen atoms in total. The van der Waals surface area contributed by atoms with Gasteiger partial charge in [-0.15, -0.1) is 0 Å². The lowest BCUT2D eigenvalue weighted by Gasteiger charge is -2.33. The van der Waals surface area contributed by atoms with Crippen LogP contribution in [0.4, 0.5) is 17.1 Å². The number of amides is 2. The van der Waals surface area contributed by atoms with Crippen molar-refractivity contribution in [1.82, 2.24) is 0 Å². The monoisotopic (exact) mass is 1260 g/mol. The number of aliphatic carboxylic acids is 1. The molecule has 0 bridgehead atoms. The molecule has 0 radical (unpaired) electrons. The van der Waals surface area contributed by atoms with Gasteiger partial charge in [0, 0.05) is 35.3 Å². The number of phenolic OH excluding ortho intramolecular Hbond substituents is 1. The molecular formula is C85H119N3O5. The summed E-state index contributed by atoms with van der Waals surface area (Å²) < 4.78 is 0. The van der Waals surface area contributed by atoms with Crippen molar-refractivity contribution in [3.05, 3.63) is 260 Å². The van der Waals surface area contributed by atoms with E-state index in [-0.39, 0.29) is 33.8 Å². The maximum absolute atomic E-state index is 12.1. The van der Waals surface area contributed by atoms with Crippen molar-refractivity contribution in [2.75, 3.05) is 16.4 Å². The maximum Gasteiger partial charge on any atom is 0.328 e. The molecule has 0 aromatic heterocycles. The molecule has 0 saturated heterocycles. The molecule has 2 amide bonds. The number of nitrogen functional groups attached to an aromatic ring is 1. The lowest BCUT2D eigenvalue weighted by molar-refractivity contribution is -0.131. The number of hydrogen-bond donors (Lipinski definition) is 5. The van der Waals surface area contributed by atoms with Gasteiger partial charge >= 0.3 is 5.97 Å². The van der Waals surface area contributed by atoms with Gasteiger partial charge in [-0.2, -0.15) is 0 Å². The van der Waals surface area contributed by atoms with Crippen molar-refractivity contribution < 1.29 is 24.6 Å². The number of carbonyl (C=O) groups excluding carboxylic acids is 2. The predicted octanol–water partition coefficient (Wildman–Crippen LogP) is 23.9. The number of carbonyl (C=O) groups is 3. The SMILES string of the molecule is CC.CC.CC1=C(/C=C/C(C)=C/C=C/C(C)=C/C(=O)Nc2ccc(C)cc2)C(C)(C)CCC1.CC1=C(/C=C/C(C)=C/C=C/C(C)=C/C(=O)Nc2ccc(O)cc2)C(C)(C)CCC1.CC1=C(/C=C/C(C)=C/C=C/C(C)=C/C(=O)O)C(C)(C)CCC1.Cc1ccc(N)cc1C. The van der Waals surface area contributed by atoms with Gasteiger partial charge < -0.3 is 26.6 Å². The van der Waals surface area contributed by atoms with Crippen molar-refractivity contribution in [3.8, 4) is 5.75 Å². The van der Waals surface area contributed by atoms with Gasteiger partial charge in [0.05, 0.1) is 0 Å². The van der Waals surface area contributed by atoms with Crippen LogP contribution < -0.4 is 16.4 Å². The number of benzene rings is 3. The van der Waals surface area contributed by atoms with Crippen LogP contribution in [0, 0.1) is 37.0 Å². The van der Waals surface area contributed by atoms with Gasteiger partial charge in [-0.25, -0.2) is 4.79 Å². The first kappa shape index (κ1) is 82.8. The van der Waals surface area contributed by atoms with E-state index in [4.69, 9.17) is 10.8 Å². The minimum atomic E-state index is -0.912. The molecule has 3 aromatic carbocycles. The lowest BCUT2D eigenvalue weighted by Crippen LogP contribution is -2.19. The number of nitrogens with two attached hydrogens (primary N) is 1. The second-order valence-electron chi connectivity index (χ2n) is 26.3. The van der Waals surface area contributed by atoms with Gasteiger partial charge in [-0.1, -0.05) is 218 Å². The van der Waals surface area contributed by atoms with E-state index in [1.165, 1.54) is 125 Å². The molecule has 0 saturated carbocycles. The Morgan fingerprint density at radius 2 is 0.763 bits per heavy atom. The Kier molecular flexibility index (Phi) is 38.1. The van der Waals surface area contributed by atoms with Crippen molar-refractivity contribution in [2.24, 2.45) is 16.2 Å². The van der Waals surface area contributed by atoms with Crippen LogP contribution in [0.25, 0.3) is 0 Å². The molecule has 0 aliphatic heterocycles. The number of phenols is 1. The van der Waals surface area contributed by atoms with Gasteiger partial charge in [0.1, 0.15) is 5.75 Å². The van der Waals surface area contributed by atoms with Gasteiger partial charge in [-0.05, 0) is 250 Å². The summed E-state index contributed by atoms with van der Waals surface area (Å²) in [5, 5.41) is 23.6. The third-order valence-corrected chi connectivity index (χ3v) is 16.4. The first-order chi connectivity index (χ1) is 43.8. The zero-order valence-corrected chi connectivity index (χ0v) is 61.3. The second kappa shape index (κ2) is 42.8. The van der Waals surface area contributed by atoms with Crippen LogP contribution in [-0.2, 0) is 14.4 Å². The van der Waals surface area contributed by atoms with Gasteiger partial charge in [0.15, 0.2) is 0 Å². The molecule has 3 aromatic rings. The van der Waals surface area contributed by atoms with E-state index in [1.807, 2.05) is 127 Å². The quantitative estimate of drug-likeness (QED) is 0.0394. The number of aromatic hydroxyl groups is 1. The lowest BCUT2D eigenvalue weighted by atomic mass is 9.72. The largest absolute Gasteiger partial charge is 0.508 e. The highest BCUT2D eigenvalue weighted by Crippen LogP contribution is 2.43. The summed E-state index contributed by atoms with van der Waals surface area (Å²) in [5.41, 5.74) is 27.3. The standard InChI is InChI=1S/C27H35NO.C26H33NO2.C20H28O2.C8H11N.2C2H6/c1-20(14-17-25-23(4)11-8-18-27(25,5)6)9-7-10-22(3)19-26(29)28-24-15-12-21(2)13-16-24;1-19(11-16-24-21(3)10-7-17-26(24,4)5)8-6-9-20(2)18-25(29)27-22-12-14-23(28)15-13-22;1-15(8-6-9-16(2)14-19(21)22)11-12-18-17(3)10-7-13-20(18,4)5;1-6-3-4-8(9)5-7(6)2;2*1-2/h7,9-10,12-17,19H,8,11,18H2,1-6H3,(H,28,29);6,8-9,11-16,18,28H,7,10,17H2,1-5H3,(H,27,29);6,8-9,11-12,14H,7,10,13H2,1-5H3,(H,21,22);3-5H,9H2,1-2H3;2*1-2H3/b10-7+,17-14+,20-9+,22-19+;9-6+,16-11+,19-8+,20-18+;9-6+,12-11+,15-8+,16-14+;;;. The number of aryl methyl sites for hydroxylation is 3. The fourth-order valence-corrected chi connectivity index (χ4v) is 11.0. The number of carboxylic acids is 1. The summed E-state index contributed by atoms with van der Waals surface area (Å²) in [7, 11) is 0. The molecular weight excluding hydrogens is 1140 g/mol. The summed E-state index contributed by atoms with van der Waals surface area (Å²) in [4.78, 5) is 34.7. The molecule has 0 fully saturated rings. The highest BCUT2D eigenvalue weighted by Gasteiger charge is 2.28. The van der Waals surface area contributed by atoms with E-state index in [2.05, 4.69) is 156 Å². The number of nitrogens with one attached hydrogen (secondary N) is 2. The van der Waals surface area contributed by atoms with E-state index < -0.39 is 5.97 Å². The Morgan fingerprint density at radius 3 is 1.06 bits per heavy atom. The number of anilines is 3. The van der Waals surface area contributed by atoms with Crippen molar-refractivity contribution in [2.45, 2.75) is 210 Å². The van der Waals surface area contributed by atoms with Crippen LogP contribution in [0.5, 0.6) is 5.75 Å². The van der Waals surface area contributed by atoms with Crippen LogP contribution in [0.3, 0.4) is 0 Å². The molecule has 0 heterocycles. The topological polar surface area (TPSA) is 142 Å². The average molecular weight is 1260 g/mol. The van der Waals surface area contributed by atoms with E-state index in [0.29, 0.717) is 5.69 Å². The first-order valence-electron chi connectivity index (χ1n) is 33.5. The first-order valence-corrected chi connectivity index (χ1v) is 33.5. The van der Waals surface area contributed by atoms with Crippen molar-refractivity contribution in [3.63, 3.8) is 0 Å². The van der Waals surface area contributed by atoms with Crippen molar-refractivity contribution in [1.29, 1.82) is 0 Å². The Morgan fingerprint density at radius 1 is 0.441 bits per heavy atom. The number of allylic oxidation sites excluding steroid dienone is 27. The summed E-state index contributed by atoms with van der Waals surface area (Å²) in [6, 6.07) is 20.1. The summed E-state index contributed by atoms with van der Waals surface area (Å²) in [5.74, 6) is -1.05. The number of hydrogen-bond acceptors (Lipinski definition) is 5. The zero-order chi connectivity index (χ0) is 70.5. The van der Waals surface area contributed by atoms with Crippen LogP contribution in [0.2, 0.25) is 0 Å². The van der Waals surface area contributed by atoms with Crippen molar-refractivity contribution >= 4 is 34.8 Å². The Balaban J connectivity index is 0.000000640. The fourth-order valence-electron chi connectivity index (χ4n) is 11.0. The summed E-state index contributed by atoms with van der Waals surface area (Å²) in [6.45, 7) is 46.7. The zero-order valence-electron chi connectivity index (χ0n) is 61.3. The van der Waals surface area contributed by atoms with Gasteiger partial charge in [0.25, 0.3) is 0 Å². The Hall–Kier alpha value is -8.23. The normalized spacial score (nSPS) is 17.1. The van der Waals surface area contributed by atoms with Crippen LogP contribution in [-0.4, -0.2) is 28.0 Å².